The van der Waals surface area contributed by atoms with Crippen LogP contribution in [-0.4, -0.2) is 26.9 Å². The van der Waals surface area contributed by atoms with E-state index in [1.165, 1.54) is 6.33 Å². The van der Waals surface area contributed by atoms with Crippen LogP contribution in [0.4, 0.5) is 11.7 Å². The summed E-state index contributed by atoms with van der Waals surface area (Å²) in [5.41, 5.74) is 2.56. The first-order chi connectivity index (χ1) is 12.3. The molecule has 0 radical (unpaired) electrons. The maximum absolute atomic E-state index is 5.76. The fourth-order valence-electron chi connectivity index (χ4n) is 2.47. The van der Waals surface area contributed by atoms with E-state index in [0.29, 0.717) is 17.5 Å². The first-order valence-electron chi connectivity index (χ1n) is 7.65. The predicted octanol–water partition coefficient (Wildman–Crippen LogP) is 3.67. The maximum Gasteiger partial charge on any atom is 0.299 e. The van der Waals surface area contributed by atoms with Crippen molar-refractivity contribution in [2.45, 2.75) is 0 Å². The van der Waals surface area contributed by atoms with E-state index in [1.807, 2.05) is 48.5 Å². The third-order valence-corrected chi connectivity index (χ3v) is 3.66. The Bertz CT molecular complexity index is 964. The molecule has 7 nitrogen and oxygen atoms in total. The van der Waals surface area contributed by atoms with Gasteiger partial charge in [0.1, 0.15) is 24.1 Å². The molecule has 0 amide bonds. The minimum Gasteiger partial charge on any atom is -0.494 e. The molecule has 0 aliphatic heterocycles. The van der Waals surface area contributed by atoms with Crippen LogP contribution in [0.1, 0.15) is 0 Å². The lowest BCUT2D eigenvalue weighted by molar-refractivity contribution is 0.412. The van der Waals surface area contributed by atoms with E-state index in [-0.39, 0.29) is 0 Å². The number of methoxy groups -OCH3 is 1. The zero-order valence-electron chi connectivity index (χ0n) is 13.5. The van der Waals surface area contributed by atoms with Crippen molar-refractivity contribution >= 4 is 11.7 Å². The average Bonchev–Trinajstić information content (AvgIpc) is 3.34. The summed E-state index contributed by atoms with van der Waals surface area (Å²) < 4.78 is 12.8. The summed E-state index contributed by atoms with van der Waals surface area (Å²) in [7, 11) is 1.61. The molecule has 4 aromatic rings. The molecule has 0 spiro atoms. The monoisotopic (exact) mass is 333 g/mol. The molecule has 7 heteroatoms. The van der Waals surface area contributed by atoms with E-state index in [1.54, 1.807) is 24.3 Å². The molecule has 0 fully saturated rings. The van der Waals surface area contributed by atoms with E-state index >= 15 is 0 Å². The molecule has 124 valence electrons. The molecule has 2 aromatic carbocycles. The van der Waals surface area contributed by atoms with Crippen LogP contribution in [0.25, 0.3) is 17.0 Å². The van der Waals surface area contributed by atoms with Crippen molar-refractivity contribution in [3.8, 4) is 22.8 Å². The third kappa shape index (κ3) is 3.07. The van der Waals surface area contributed by atoms with Crippen LogP contribution < -0.4 is 10.1 Å². The molecule has 0 aliphatic rings. The maximum atomic E-state index is 5.76. The Morgan fingerprint density at radius 2 is 2.00 bits per heavy atom. The average molecular weight is 333 g/mol. The highest BCUT2D eigenvalue weighted by molar-refractivity contribution is 5.63. The van der Waals surface area contributed by atoms with Gasteiger partial charge in [0.15, 0.2) is 5.76 Å². The van der Waals surface area contributed by atoms with Crippen LogP contribution >= 0.6 is 0 Å². The predicted molar refractivity (Wildman–Crippen MR) is 93.1 cm³/mol. The summed E-state index contributed by atoms with van der Waals surface area (Å²) in [6.45, 7) is 0. The number of hydrogen-bond acceptors (Lipinski definition) is 6. The second-order valence-electron chi connectivity index (χ2n) is 5.25. The van der Waals surface area contributed by atoms with Gasteiger partial charge in [-0.25, -0.2) is 14.6 Å². The van der Waals surface area contributed by atoms with Gasteiger partial charge in [0.25, 0.3) is 6.01 Å². The third-order valence-electron chi connectivity index (χ3n) is 3.66. The number of nitrogens with one attached hydrogen (secondary N) is 1. The summed E-state index contributed by atoms with van der Waals surface area (Å²) in [5, 5.41) is 7.26. The molecule has 0 bridgehead atoms. The Hall–Kier alpha value is -3.61. The van der Waals surface area contributed by atoms with Crippen molar-refractivity contribution in [1.29, 1.82) is 0 Å². The van der Waals surface area contributed by atoms with Gasteiger partial charge in [-0.15, -0.1) is 0 Å². The minimum absolute atomic E-state index is 0.411. The lowest BCUT2D eigenvalue weighted by Gasteiger charge is -2.10. The van der Waals surface area contributed by atoms with Gasteiger partial charge in [-0.3, -0.25) is 0 Å². The number of benzene rings is 2. The van der Waals surface area contributed by atoms with Gasteiger partial charge in [-0.05, 0) is 12.1 Å². The SMILES string of the molecule is COc1cc(Nc2ncc(-c3ccccc3)o2)ccc1-n1cncn1. The fraction of sp³-hybridized carbons (Fsp3) is 0.0556. The van der Waals surface area contributed by atoms with Crippen LogP contribution in [0.5, 0.6) is 5.75 Å². The molecular weight excluding hydrogens is 318 g/mol. The molecule has 0 unspecified atom stereocenters. The molecule has 0 saturated carbocycles. The first-order valence-corrected chi connectivity index (χ1v) is 7.65. The number of nitrogens with zero attached hydrogens (tertiary/aromatic N) is 4. The van der Waals surface area contributed by atoms with Gasteiger partial charge < -0.3 is 14.5 Å². The van der Waals surface area contributed by atoms with Crippen molar-refractivity contribution in [3.63, 3.8) is 0 Å². The molecule has 4 rings (SSSR count). The van der Waals surface area contributed by atoms with Gasteiger partial charge in [-0.2, -0.15) is 5.10 Å². The Kier molecular flexibility index (Phi) is 3.88. The van der Waals surface area contributed by atoms with E-state index in [0.717, 1.165) is 16.9 Å². The lowest BCUT2D eigenvalue weighted by atomic mass is 10.2. The van der Waals surface area contributed by atoms with Gasteiger partial charge in [0, 0.05) is 17.3 Å². The first kappa shape index (κ1) is 14.9. The minimum atomic E-state index is 0.411. The molecule has 0 saturated heterocycles. The fourth-order valence-corrected chi connectivity index (χ4v) is 2.47. The van der Waals surface area contributed by atoms with Crippen LogP contribution in [0.2, 0.25) is 0 Å². The Morgan fingerprint density at radius 1 is 1.12 bits per heavy atom. The zero-order chi connectivity index (χ0) is 17.1. The number of aromatic nitrogens is 4. The Morgan fingerprint density at radius 3 is 2.76 bits per heavy atom. The van der Waals surface area contributed by atoms with E-state index in [4.69, 9.17) is 9.15 Å². The standard InChI is InChI=1S/C18H15N5O2/c1-24-16-9-14(7-8-15(16)23-12-19-11-21-23)22-18-20-10-17(25-18)13-5-3-2-4-6-13/h2-12H,1H3,(H,20,22). The molecule has 0 atom stereocenters. The number of rotatable bonds is 5. The van der Waals surface area contributed by atoms with Crippen molar-refractivity contribution in [3.05, 3.63) is 67.4 Å². The Labute approximate surface area is 143 Å². The molecular formula is C18H15N5O2. The van der Waals surface area contributed by atoms with Gasteiger partial charge in [0.2, 0.25) is 0 Å². The summed E-state index contributed by atoms with van der Waals surface area (Å²) >= 11 is 0. The van der Waals surface area contributed by atoms with Crippen LogP contribution in [-0.2, 0) is 0 Å². The van der Waals surface area contributed by atoms with Gasteiger partial charge in [0.05, 0.1) is 13.3 Å². The number of oxazole rings is 1. The van der Waals surface area contributed by atoms with E-state index in [9.17, 15) is 0 Å². The van der Waals surface area contributed by atoms with Crippen LogP contribution in [0, 0.1) is 0 Å². The van der Waals surface area contributed by atoms with Gasteiger partial charge >= 0.3 is 0 Å². The normalized spacial score (nSPS) is 10.6. The Balaban J connectivity index is 1.58. The quantitative estimate of drug-likeness (QED) is 0.600. The van der Waals surface area contributed by atoms with Gasteiger partial charge in [-0.1, -0.05) is 30.3 Å². The zero-order valence-corrected chi connectivity index (χ0v) is 13.5. The summed E-state index contributed by atoms with van der Waals surface area (Å²) in [5.74, 6) is 1.36. The number of ether oxygens (including phenoxy) is 1. The highest BCUT2D eigenvalue weighted by Gasteiger charge is 2.10. The molecule has 25 heavy (non-hydrogen) atoms. The second kappa shape index (κ2) is 6.48. The lowest BCUT2D eigenvalue weighted by Crippen LogP contribution is -1.99. The number of hydrogen-bond donors (Lipinski definition) is 1. The molecule has 1 N–H and O–H groups in total. The topological polar surface area (TPSA) is 78.0 Å². The smallest absolute Gasteiger partial charge is 0.299 e. The highest BCUT2D eigenvalue weighted by atomic mass is 16.5. The van der Waals surface area contributed by atoms with Crippen molar-refractivity contribution in [2.24, 2.45) is 0 Å². The van der Waals surface area contributed by atoms with E-state index < -0.39 is 0 Å². The van der Waals surface area contributed by atoms with Crippen molar-refractivity contribution < 1.29 is 9.15 Å². The second-order valence-corrected chi connectivity index (χ2v) is 5.25. The van der Waals surface area contributed by atoms with Crippen LogP contribution in [0.3, 0.4) is 0 Å². The largest absolute Gasteiger partial charge is 0.494 e. The van der Waals surface area contributed by atoms with Crippen molar-refractivity contribution in [1.82, 2.24) is 19.7 Å². The molecule has 2 aromatic heterocycles. The van der Waals surface area contributed by atoms with Crippen molar-refractivity contribution in [2.75, 3.05) is 12.4 Å². The number of anilines is 2. The molecule has 2 heterocycles. The summed E-state index contributed by atoms with van der Waals surface area (Å²) in [4.78, 5) is 8.22. The van der Waals surface area contributed by atoms with Crippen LogP contribution in [0.15, 0.2) is 71.8 Å². The molecule has 0 aliphatic carbocycles. The summed E-state index contributed by atoms with van der Waals surface area (Å²) in [6.07, 6.45) is 4.79. The van der Waals surface area contributed by atoms with E-state index in [2.05, 4.69) is 20.4 Å². The summed E-state index contributed by atoms with van der Waals surface area (Å²) in [6, 6.07) is 15.9. The highest BCUT2D eigenvalue weighted by Crippen LogP contribution is 2.29.